The van der Waals surface area contributed by atoms with Crippen LogP contribution in [0.1, 0.15) is 17.3 Å². The summed E-state index contributed by atoms with van der Waals surface area (Å²) in [6.07, 6.45) is 0.997. The smallest absolute Gasteiger partial charge is 0.245 e. The molecule has 0 unspecified atom stereocenters. The van der Waals surface area contributed by atoms with Crippen molar-refractivity contribution in [3.05, 3.63) is 57.5 Å². The van der Waals surface area contributed by atoms with Crippen molar-refractivity contribution < 1.29 is 18.0 Å². The van der Waals surface area contributed by atoms with E-state index in [0.29, 0.717) is 20.7 Å². The van der Waals surface area contributed by atoms with Gasteiger partial charge in [-0.05, 0) is 53.2 Å². The molecule has 0 aromatic heterocycles. The van der Waals surface area contributed by atoms with Gasteiger partial charge >= 0.3 is 0 Å². The van der Waals surface area contributed by atoms with Gasteiger partial charge in [-0.15, -0.1) is 0 Å². The van der Waals surface area contributed by atoms with Gasteiger partial charge in [-0.1, -0.05) is 23.7 Å². The predicted octanol–water partition coefficient (Wildman–Crippen LogP) is 3.71. The lowest BCUT2D eigenvalue weighted by atomic mass is 10.1. The van der Waals surface area contributed by atoms with Crippen LogP contribution in [0.2, 0.25) is 5.02 Å². The number of hydrogen-bond acceptors (Lipinski definition) is 4. The number of carbonyl (C=O) groups excluding carboxylic acids is 2. The second-order valence-electron chi connectivity index (χ2n) is 5.55. The molecule has 0 aliphatic heterocycles. The summed E-state index contributed by atoms with van der Waals surface area (Å²) in [5.41, 5.74) is 1.04. The Labute approximate surface area is 165 Å². The number of hydrogen-bond donors (Lipinski definition) is 1. The zero-order valence-electron chi connectivity index (χ0n) is 14.0. The van der Waals surface area contributed by atoms with Crippen LogP contribution in [0.3, 0.4) is 0 Å². The Bertz CT molecular complexity index is 963. The van der Waals surface area contributed by atoms with Crippen LogP contribution in [0.25, 0.3) is 0 Å². The summed E-state index contributed by atoms with van der Waals surface area (Å²) < 4.78 is 25.9. The first-order valence-corrected chi connectivity index (χ1v) is 10.4. The first-order chi connectivity index (χ1) is 12.1. The van der Waals surface area contributed by atoms with Crippen molar-refractivity contribution in [1.82, 2.24) is 0 Å². The fourth-order valence-corrected chi connectivity index (χ4v) is 3.46. The molecule has 6 nitrogen and oxygen atoms in total. The maximum Gasteiger partial charge on any atom is 0.245 e. The summed E-state index contributed by atoms with van der Waals surface area (Å²) in [5.74, 6) is -0.740. The molecule has 0 aliphatic rings. The van der Waals surface area contributed by atoms with Gasteiger partial charge in [0.25, 0.3) is 0 Å². The summed E-state index contributed by atoms with van der Waals surface area (Å²) in [4.78, 5) is 23.8. The van der Waals surface area contributed by atoms with Crippen molar-refractivity contribution in [3.63, 3.8) is 0 Å². The van der Waals surface area contributed by atoms with Gasteiger partial charge < -0.3 is 5.32 Å². The van der Waals surface area contributed by atoms with Gasteiger partial charge in [-0.2, -0.15) is 0 Å². The van der Waals surface area contributed by atoms with E-state index in [1.165, 1.54) is 19.1 Å². The minimum atomic E-state index is -3.74. The molecule has 2 aromatic carbocycles. The van der Waals surface area contributed by atoms with Crippen LogP contribution < -0.4 is 9.62 Å². The molecule has 9 heteroatoms. The van der Waals surface area contributed by atoms with Gasteiger partial charge in [0.05, 0.1) is 17.0 Å². The normalized spacial score (nSPS) is 11.1. The highest BCUT2D eigenvalue weighted by Crippen LogP contribution is 2.26. The fraction of sp³-hybridized carbons (Fsp3) is 0.176. The molecule has 2 rings (SSSR count). The van der Waals surface area contributed by atoms with Crippen LogP contribution in [-0.4, -0.2) is 32.9 Å². The summed E-state index contributed by atoms with van der Waals surface area (Å²) in [7, 11) is -3.74. The average molecular weight is 460 g/mol. The molecule has 0 aliphatic carbocycles. The standard InChI is InChI=1S/C17H16BrClN2O4S/c1-11(22)12-4-3-5-14(8-12)21(26(2,24)25)10-17(23)20-13-6-7-15(18)16(19)9-13/h3-9H,10H2,1-2H3,(H,20,23). The molecular formula is C17H16BrClN2O4S. The highest BCUT2D eigenvalue weighted by Gasteiger charge is 2.21. The number of Topliss-reactive ketones (excluding diaryl/α,β-unsaturated/α-hetero) is 1. The highest BCUT2D eigenvalue weighted by molar-refractivity contribution is 9.10. The monoisotopic (exact) mass is 458 g/mol. The van der Waals surface area contributed by atoms with Gasteiger partial charge in [-0.3, -0.25) is 13.9 Å². The van der Waals surface area contributed by atoms with Crippen molar-refractivity contribution in [2.75, 3.05) is 22.4 Å². The second-order valence-corrected chi connectivity index (χ2v) is 8.72. The number of amides is 1. The number of anilines is 2. The van der Waals surface area contributed by atoms with E-state index >= 15 is 0 Å². The molecule has 0 radical (unpaired) electrons. The van der Waals surface area contributed by atoms with Crippen molar-refractivity contribution in [1.29, 1.82) is 0 Å². The van der Waals surface area contributed by atoms with Crippen molar-refractivity contribution in [3.8, 4) is 0 Å². The number of nitrogens with zero attached hydrogens (tertiary/aromatic N) is 1. The van der Waals surface area contributed by atoms with Gasteiger partial charge in [0.2, 0.25) is 15.9 Å². The number of halogens is 2. The third-order valence-electron chi connectivity index (χ3n) is 3.43. The van der Waals surface area contributed by atoms with Gasteiger partial charge in [0.15, 0.2) is 5.78 Å². The molecular weight excluding hydrogens is 444 g/mol. The number of carbonyl (C=O) groups is 2. The van der Waals surface area contributed by atoms with Gasteiger partial charge in [-0.25, -0.2) is 8.42 Å². The topological polar surface area (TPSA) is 83.6 Å². The number of rotatable bonds is 6. The maximum absolute atomic E-state index is 12.3. The van der Waals surface area contributed by atoms with Crippen LogP contribution in [0.4, 0.5) is 11.4 Å². The van der Waals surface area contributed by atoms with E-state index in [9.17, 15) is 18.0 Å². The quantitative estimate of drug-likeness (QED) is 0.668. The van der Waals surface area contributed by atoms with E-state index < -0.39 is 22.5 Å². The summed E-state index contributed by atoms with van der Waals surface area (Å²) in [5, 5.41) is 3.02. The molecule has 1 amide bonds. The van der Waals surface area contributed by atoms with Crippen LogP contribution in [-0.2, 0) is 14.8 Å². The summed E-state index contributed by atoms with van der Waals surface area (Å²) in [6, 6.07) is 11.0. The van der Waals surface area contributed by atoms with E-state index in [-0.39, 0.29) is 11.5 Å². The zero-order valence-corrected chi connectivity index (χ0v) is 17.2. The molecule has 0 saturated carbocycles. The lowest BCUT2D eigenvalue weighted by Gasteiger charge is -2.22. The number of sulfonamides is 1. The molecule has 1 N–H and O–H groups in total. The Morgan fingerprint density at radius 2 is 1.88 bits per heavy atom. The van der Waals surface area contributed by atoms with E-state index in [0.717, 1.165) is 10.6 Å². The largest absolute Gasteiger partial charge is 0.324 e. The SMILES string of the molecule is CC(=O)c1cccc(N(CC(=O)Nc2ccc(Br)c(Cl)c2)S(C)(=O)=O)c1. The molecule has 0 saturated heterocycles. The average Bonchev–Trinajstić information content (AvgIpc) is 2.55. The fourth-order valence-electron chi connectivity index (χ4n) is 2.18. The van der Waals surface area contributed by atoms with Crippen LogP contribution in [0.15, 0.2) is 46.9 Å². The molecule has 0 bridgehead atoms. The molecule has 26 heavy (non-hydrogen) atoms. The Hall–Kier alpha value is -1.90. The molecule has 0 spiro atoms. The molecule has 0 atom stereocenters. The van der Waals surface area contributed by atoms with Crippen molar-refractivity contribution >= 4 is 60.6 Å². The van der Waals surface area contributed by atoms with Gasteiger partial charge in [0, 0.05) is 15.7 Å². The molecule has 138 valence electrons. The number of ketones is 1. The van der Waals surface area contributed by atoms with E-state index in [1.807, 2.05) is 0 Å². The molecule has 0 fully saturated rings. The third kappa shape index (κ3) is 5.30. The Morgan fingerprint density at radius 3 is 2.46 bits per heavy atom. The Morgan fingerprint density at radius 1 is 1.19 bits per heavy atom. The molecule has 2 aromatic rings. The number of nitrogens with one attached hydrogen (secondary N) is 1. The third-order valence-corrected chi connectivity index (χ3v) is 5.80. The van der Waals surface area contributed by atoms with Crippen LogP contribution >= 0.6 is 27.5 Å². The summed E-state index contributed by atoms with van der Waals surface area (Å²) >= 11 is 9.23. The first-order valence-electron chi connectivity index (χ1n) is 7.41. The summed E-state index contributed by atoms with van der Waals surface area (Å²) in [6.45, 7) is 0.946. The van der Waals surface area contributed by atoms with Crippen LogP contribution in [0.5, 0.6) is 0 Å². The van der Waals surface area contributed by atoms with Crippen molar-refractivity contribution in [2.45, 2.75) is 6.92 Å². The minimum absolute atomic E-state index is 0.200. The zero-order chi connectivity index (χ0) is 19.5. The lowest BCUT2D eigenvalue weighted by Crippen LogP contribution is -2.37. The van der Waals surface area contributed by atoms with Gasteiger partial charge in [0.1, 0.15) is 6.54 Å². The maximum atomic E-state index is 12.3. The van der Waals surface area contributed by atoms with E-state index in [4.69, 9.17) is 11.6 Å². The Kier molecular flexibility index (Phi) is 6.44. The Balaban J connectivity index is 2.25. The van der Waals surface area contributed by atoms with E-state index in [1.54, 1.807) is 30.3 Å². The first kappa shape index (κ1) is 20.4. The van der Waals surface area contributed by atoms with E-state index in [2.05, 4.69) is 21.2 Å². The highest BCUT2D eigenvalue weighted by atomic mass is 79.9. The lowest BCUT2D eigenvalue weighted by molar-refractivity contribution is -0.114. The predicted molar refractivity (Wildman–Crippen MR) is 106 cm³/mol. The minimum Gasteiger partial charge on any atom is -0.324 e. The number of benzene rings is 2. The van der Waals surface area contributed by atoms with Crippen molar-refractivity contribution in [2.24, 2.45) is 0 Å². The van der Waals surface area contributed by atoms with Crippen LogP contribution in [0, 0.1) is 0 Å². The second kappa shape index (κ2) is 8.20. The molecule has 0 heterocycles.